The maximum absolute atomic E-state index is 13.4. The zero-order chi connectivity index (χ0) is 14.4. The second-order valence-corrected chi connectivity index (χ2v) is 4.80. The molecule has 0 radical (unpaired) electrons. The monoisotopic (exact) mass is 274 g/mol. The van der Waals surface area contributed by atoms with E-state index in [1.807, 2.05) is 38.1 Å². The Morgan fingerprint density at radius 3 is 2.25 bits per heavy atom. The van der Waals surface area contributed by atoms with Crippen molar-refractivity contribution in [2.45, 2.75) is 20.3 Å². The van der Waals surface area contributed by atoms with Crippen molar-refractivity contribution in [3.05, 3.63) is 59.4 Å². The Balaban J connectivity index is 1.71. The molecule has 2 aromatic carbocycles. The predicted molar refractivity (Wildman–Crippen MR) is 77.9 cm³/mol. The molecule has 0 aliphatic rings. The lowest BCUT2D eigenvalue weighted by Crippen LogP contribution is -2.06. The first kappa shape index (κ1) is 14.4. The molecular formula is C17H19FO2. The number of halogens is 1. The minimum Gasteiger partial charge on any atom is -0.493 e. The Hall–Kier alpha value is -2.03. The molecule has 0 fully saturated rings. The topological polar surface area (TPSA) is 18.5 Å². The molecule has 0 saturated carbocycles. The van der Waals surface area contributed by atoms with Gasteiger partial charge in [-0.15, -0.1) is 0 Å². The highest BCUT2D eigenvalue weighted by Gasteiger charge is 2.03. The Bertz CT molecular complexity index is 549. The van der Waals surface area contributed by atoms with Gasteiger partial charge in [0.2, 0.25) is 0 Å². The fourth-order valence-electron chi connectivity index (χ4n) is 1.79. The molecule has 0 bridgehead atoms. The summed E-state index contributed by atoms with van der Waals surface area (Å²) in [4.78, 5) is 0. The van der Waals surface area contributed by atoms with E-state index in [1.54, 1.807) is 12.1 Å². The van der Waals surface area contributed by atoms with E-state index in [0.29, 0.717) is 25.4 Å². The van der Waals surface area contributed by atoms with Gasteiger partial charge in [-0.05, 0) is 43.7 Å². The van der Waals surface area contributed by atoms with Gasteiger partial charge >= 0.3 is 0 Å². The molecule has 0 aliphatic carbocycles. The van der Waals surface area contributed by atoms with Crippen LogP contribution in [-0.4, -0.2) is 13.2 Å². The van der Waals surface area contributed by atoms with Gasteiger partial charge in [-0.2, -0.15) is 0 Å². The first-order valence-corrected chi connectivity index (χ1v) is 6.73. The fraction of sp³-hybridized carbons (Fsp3) is 0.294. The molecule has 0 aromatic heterocycles. The molecule has 0 aliphatic heterocycles. The van der Waals surface area contributed by atoms with Crippen molar-refractivity contribution in [1.82, 2.24) is 0 Å². The molecule has 20 heavy (non-hydrogen) atoms. The second-order valence-electron chi connectivity index (χ2n) is 4.80. The lowest BCUT2D eigenvalue weighted by Gasteiger charge is -2.09. The number of rotatable bonds is 6. The van der Waals surface area contributed by atoms with Gasteiger partial charge in [-0.3, -0.25) is 0 Å². The van der Waals surface area contributed by atoms with Gasteiger partial charge in [0.15, 0.2) is 11.6 Å². The van der Waals surface area contributed by atoms with Gasteiger partial charge in [0, 0.05) is 6.42 Å². The Labute approximate surface area is 119 Å². The zero-order valence-electron chi connectivity index (χ0n) is 11.9. The molecule has 0 heterocycles. The van der Waals surface area contributed by atoms with Crippen LogP contribution in [0.1, 0.15) is 17.5 Å². The van der Waals surface area contributed by atoms with Crippen molar-refractivity contribution in [3.63, 3.8) is 0 Å². The smallest absolute Gasteiger partial charge is 0.165 e. The highest BCUT2D eigenvalue weighted by atomic mass is 19.1. The summed E-state index contributed by atoms with van der Waals surface area (Å²) in [7, 11) is 0. The molecule has 0 N–H and O–H groups in total. The highest BCUT2D eigenvalue weighted by molar-refractivity contribution is 5.29. The lowest BCUT2D eigenvalue weighted by atomic mass is 10.2. The summed E-state index contributed by atoms with van der Waals surface area (Å²) in [5.74, 6) is 0.827. The molecule has 0 spiro atoms. The Kier molecular flexibility index (Phi) is 4.99. The average Bonchev–Trinajstić information content (AvgIpc) is 2.44. The van der Waals surface area contributed by atoms with Crippen LogP contribution in [0.3, 0.4) is 0 Å². The normalized spacial score (nSPS) is 10.3. The van der Waals surface area contributed by atoms with E-state index in [2.05, 4.69) is 0 Å². The van der Waals surface area contributed by atoms with E-state index in [-0.39, 0.29) is 5.82 Å². The first-order valence-electron chi connectivity index (χ1n) is 6.73. The highest BCUT2D eigenvalue weighted by Crippen LogP contribution is 2.18. The Morgan fingerprint density at radius 1 is 0.850 bits per heavy atom. The summed E-state index contributed by atoms with van der Waals surface area (Å²) in [5.41, 5.74) is 2.19. The van der Waals surface area contributed by atoms with Crippen LogP contribution in [0.15, 0.2) is 42.5 Å². The van der Waals surface area contributed by atoms with Gasteiger partial charge in [0.25, 0.3) is 0 Å². The molecule has 2 aromatic rings. The van der Waals surface area contributed by atoms with Crippen LogP contribution in [0, 0.1) is 19.7 Å². The van der Waals surface area contributed by atoms with E-state index in [1.165, 1.54) is 11.6 Å². The first-order chi connectivity index (χ1) is 9.65. The molecule has 0 saturated heterocycles. The van der Waals surface area contributed by atoms with Crippen molar-refractivity contribution in [3.8, 4) is 11.5 Å². The van der Waals surface area contributed by atoms with Gasteiger partial charge in [-0.1, -0.05) is 23.8 Å². The van der Waals surface area contributed by atoms with Crippen molar-refractivity contribution in [1.29, 1.82) is 0 Å². The number of aryl methyl sites for hydroxylation is 2. The van der Waals surface area contributed by atoms with Crippen molar-refractivity contribution < 1.29 is 13.9 Å². The summed E-state index contributed by atoms with van der Waals surface area (Å²) in [6, 6.07) is 12.8. The number of benzene rings is 2. The van der Waals surface area contributed by atoms with Gasteiger partial charge in [0.05, 0.1) is 13.2 Å². The minimum atomic E-state index is -0.324. The van der Waals surface area contributed by atoms with Crippen LogP contribution in [0.25, 0.3) is 0 Å². The van der Waals surface area contributed by atoms with E-state index < -0.39 is 0 Å². The third-order valence-electron chi connectivity index (χ3n) is 2.92. The molecule has 0 unspecified atom stereocenters. The predicted octanol–water partition coefficient (Wildman–Crippen LogP) is 4.29. The molecular weight excluding hydrogens is 255 g/mol. The average molecular weight is 274 g/mol. The molecule has 0 amide bonds. The molecule has 3 heteroatoms. The lowest BCUT2D eigenvalue weighted by molar-refractivity contribution is 0.241. The van der Waals surface area contributed by atoms with E-state index in [9.17, 15) is 4.39 Å². The van der Waals surface area contributed by atoms with Crippen molar-refractivity contribution in [2.24, 2.45) is 0 Å². The second kappa shape index (κ2) is 6.94. The third-order valence-corrected chi connectivity index (χ3v) is 2.92. The van der Waals surface area contributed by atoms with E-state index in [0.717, 1.165) is 11.3 Å². The Morgan fingerprint density at radius 2 is 1.50 bits per heavy atom. The summed E-state index contributed by atoms with van der Waals surface area (Å²) >= 11 is 0. The molecule has 2 rings (SSSR count). The molecule has 2 nitrogen and oxygen atoms in total. The number of hydrogen-bond acceptors (Lipinski definition) is 2. The van der Waals surface area contributed by atoms with Crippen LogP contribution >= 0.6 is 0 Å². The minimum absolute atomic E-state index is 0.306. The SMILES string of the molecule is Cc1ccc(OCCCOc2cc(C)ccc2F)cc1. The largest absolute Gasteiger partial charge is 0.493 e. The van der Waals surface area contributed by atoms with E-state index in [4.69, 9.17) is 9.47 Å². The summed E-state index contributed by atoms with van der Waals surface area (Å²) in [5, 5.41) is 0. The van der Waals surface area contributed by atoms with Crippen LogP contribution < -0.4 is 9.47 Å². The maximum atomic E-state index is 13.4. The van der Waals surface area contributed by atoms with Gasteiger partial charge < -0.3 is 9.47 Å². The summed E-state index contributed by atoms with van der Waals surface area (Å²) in [6.07, 6.45) is 0.710. The van der Waals surface area contributed by atoms with Crippen molar-refractivity contribution >= 4 is 0 Å². The van der Waals surface area contributed by atoms with Crippen LogP contribution in [0.4, 0.5) is 4.39 Å². The fourth-order valence-corrected chi connectivity index (χ4v) is 1.79. The quantitative estimate of drug-likeness (QED) is 0.732. The van der Waals surface area contributed by atoms with Crippen LogP contribution in [0.2, 0.25) is 0 Å². The summed E-state index contributed by atoms with van der Waals surface area (Å²) in [6.45, 7) is 4.93. The maximum Gasteiger partial charge on any atom is 0.165 e. The number of hydrogen-bond donors (Lipinski definition) is 0. The zero-order valence-corrected chi connectivity index (χ0v) is 11.9. The van der Waals surface area contributed by atoms with Gasteiger partial charge in [-0.25, -0.2) is 4.39 Å². The van der Waals surface area contributed by atoms with Gasteiger partial charge in [0.1, 0.15) is 5.75 Å². The standard InChI is InChI=1S/C17H19FO2/c1-13-4-7-15(8-5-13)19-10-3-11-20-17-12-14(2)6-9-16(17)18/h4-9,12H,3,10-11H2,1-2H3. The number of ether oxygens (including phenoxy) is 2. The summed E-state index contributed by atoms with van der Waals surface area (Å²) < 4.78 is 24.4. The van der Waals surface area contributed by atoms with Crippen LogP contribution in [0.5, 0.6) is 11.5 Å². The van der Waals surface area contributed by atoms with E-state index >= 15 is 0 Å². The molecule has 0 atom stereocenters. The van der Waals surface area contributed by atoms with Crippen molar-refractivity contribution in [2.75, 3.05) is 13.2 Å². The van der Waals surface area contributed by atoms with Crippen LogP contribution in [-0.2, 0) is 0 Å². The third kappa shape index (κ3) is 4.26. The molecule has 106 valence electrons.